The van der Waals surface area contributed by atoms with E-state index in [2.05, 4.69) is 46.0 Å². The fourth-order valence-electron chi connectivity index (χ4n) is 2.84. The number of aryl methyl sites for hydroxylation is 1. The summed E-state index contributed by atoms with van der Waals surface area (Å²) in [6.45, 7) is 2.07. The van der Waals surface area contributed by atoms with Crippen LogP contribution in [0.15, 0.2) is 64.1 Å². The molecule has 0 amide bonds. The molecule has 1 heterocycles. The zero-order valence-electron chi connectivity index (χ0n) is 15.3. The predicted molar refractivity (Wildman–Crippen MR) is 119 cm³/mol. The molecule has 0 spiro atoms. The van der Waals surface area contributed by atoms with E-state index in [1.165, 1.54) is 17.4 Å². The molecular formula is C22H17BrN2O2S. The first-order chi connectivity index (χ1) is 13.5. The van der Waals surface area contributed by atoms with Crippen molar-refractivity contribution in [2.75, 3.05) is 7.11 Å². The Morgan fingerprint density at radius 3 is 2.64 bits per heavy atom. The van der Waals surface area contributed by atoms with Crippen LogP contribution in [0, 0.1) is 6.92 Å². The van der Waals surface area contributed by atoms with Crippen LogP contribution in [0.4, 0.5) is 5.69 Å². The van der Waals surface area contributed by atoms with Gasteiger partial charge in [-0.2, -0.15) is 0 Å². The SMILES string of the molecule is COc1cc(Br)cc(C=Nc2ccc(-c3nc4cc(C)ccc4s3)cc2)c1O. The summed E-state index contributed by atoms with van der Waals surface area (Å²) in [7, 11) is 1.52. The second-order valence-corrected chi connectivity index (χ2v) is 8.29. The molecule has 0 saturated heterocycles. The van der Waals surface area contributed by atoms with E-state index >= 15 is 0 Å². The van der Waals surface area contributed by atoms with Crippen molar-refractivity contribution in [3.63, 3.8) is 0 Å². The van der Waals surface area contributed by atoms with E-state index in [0.29, 0.717) is 11.3 Å². The molecule has 0 saturated carbocycles. The minimum Gasteiger partial charge on any atom is -0.504 e. The molecule has 4 aromatic rings. The Morgan fingerprint density at radius 2 is 1.89 bits per heavy atom. The lowest BCUT2D eigenvalue weighted by molar-refractivity contribution is 0.373. The number of phenolic OH excluding ortho intramolecular Hbond substituents is 1. The third-order valence-corrected chi connectivity index (χ3v) is 5.84. The number of thiazole rings is 1. The molecule has 4 nitrogen and oxygen atoms in total. The van der Waals surface area contributed by atoms with Crippen molar-refractivity contribution in [2.24, 2.45) is 4.99 Å². The normalized spacial score (nSPS) is 11.4. The van der Waals surface area contributed by atoms with Crippen LogP contribution in [-0.2, 0) is 0 Å². The van der Waals surface area contributed by atoms with E-state index in [0.717, 1.165) is 26.2 Å². The minimum atomic E-state index is 0.0656. The second-order valence-electron chi connectivity index (χ2n) is 6.34. The number of ether oxygens (including phenoxy) is 1. The molecule has 0 unspecified atom stereocenters. The van der Waals surface area contributed by atoms with Crippen molar-refractivity contribution < 1.29 is 9.84 Å². The van der Waals surface area contributed by atoms with Crippen LogP contribution >= 0.6 is 27.3 Å². The first kappa shape index (κ1) is 18.7. The number of phenols is 1. The fourth-order valence-corrected chi connectivity index (χ4v) is 4.25. The summed E-state index contributed by atoms with van der Waals surface area (Å²) in [5.41, 5.74) is 4.67. The lowest BCUT2D eigenvalue weighted by Gasteiger charge is -2.06. The van der Waals surface area contributed by atoms with Gasteiger partial charge in [0.2, 0.25) is 0 Å². The Kier molecular flexibility index (Phi) is 5.15. The Hall–Kier alpha value is -2.70. The molecule has 3 aromatic carbocycles. The van der Waals surface area contributed by atoms with Gasteiger partial charge in [0, 0.05) is 21.8 Å². The van der Waals surface area contributed by atoms with Crippen molar-refractivity contribution >= 4 is 49.4 Å². The number of hydrogen-bond acceptors (Lipinski definition) is 5. The summed E-state index contributed by atoms with van der Waals surface area (Å²) >= 11 is 5.09. The monoisotopic (exact) mass is 452 g/mol. The van der Waals surface area contributed by atoms with Gasteiger partial charge in [-0.1, -0.05) is 22.0 Å². The quantitative estimate of drug-likeness (QED) is 0.359. The number of hydrogen-bond donors (Lipinski definition) is 1. The number of benzene rings is 3. The van der Waals surface area contributed by atoms with E-state index < -0.39 is 0 Å². The third kappa shape index (κ3) is 3.79. The summed E-state index contributed by atoms with van der Waals surface area (Å²) in [5.74, 6) is 0.466. The van der Waals surface area contributed by atoms with Crippen LogP contribution in [0.1, 0.15) is 11.1 Å². The van der Waals surface area contributed by atoms with Crippen LogP contribution in [0.3, 0.4) is 0 Å². The lowest BCUT2D eigenvalue weighted by Crippen LogP contribution is -1.89. The molecule has 0 radical (unpaired) electrons. The fraction of sp³-hybridized carbons (Fsp3) is 0.0909. The smallest absolute Gasteiger partial charge is 0.166 e. The van der Waals surface area contributed by atoms with Gasteiger partial charge in [-0.3, -0.25) is 4.99 Å². The Balaban J connectivity index is 1.59. The van der Waals surface area contributed by atoms with Crippen LogP contribution in [0.2, 0.25) is 0 Å². The summed E-state index contributed by atoms with van der Waals surface area (Å²) < 4.78 is 7.16. The molecule has 0 atom stereocenters. The van der Waals surface area contributed by atoms with Gasteiger partial charge >= 0.3 is 0 Å². The second kappa shape index (κ2) is 7.73. The largest absolute Gasteiger partial charge is 0.504 e. The highest BCUT2D eigenvalue weighted by atomic mass is 79.9. The molecule has 1 aromatic heterocycles. The molecular weight excluding hydrogens is 436 g/mol. The number of halogens is 1. The highest BCUT2D eigenvalue weighted by Gasteiger charge is 2.09. The predicted octanol–water partition coefficient (Wildman–Crippen LogP) is 6.50. The molecule has 0 aliphatic carbocycles. The molecule has 1 N–H and O–H groups in total. The summed E-state index contributed by atoms with van der Waals surface area (Å²) in [6.07, 6.45) is 1.62. The highest BCUT2D eigenvalue weighted by Crippen LogP contribution is 2.34. The first-order valence-corrected chi connectivity index (χ1v) is 10.2. The maximum atomic E-state index is 10.2. The van der Waals surface area contributed by atoms with E-state index in [1.54, 1.807) is 29.7 Å². The Bertz CT molecular complexity index is 1180. The molecule has 140 valence electrons. The molecule has 0 fully saturated rings. The van der Waals surface area contributed by atoms with E-state index in [-0.39, 0.29) is 5.75 Å². The van der Waals surface area contributed by atoms with Crippen molar-refractivity contribution in [2.45, 2.75) is 6.92 Å². The number of aromatic hydroxyl groups is 1. The summed E-state index contributed by atoms with van der Waals surface area (Å²) in [5, 5.41) is 11.2. The summed E-state index contributed by atoms with van der Waals surface area (Å²) in [4.78, 5) is 9.20. The van der Waals surface area contributed by atoms with E-state index in [9.17, 15) is 5.11 Å². The zero-order valence-corrected chi connectivity index (χ0v) is 17.7. The average Bonchev–Trinajstić information content (AvgIpc) is 3.11. The van der Waals surface area contributed by atoms with Crippen molar-refractivity contribution in [1.29, 1.82) is 0 Å². The lowest BCUT2D eigenvalue weighted by atomic mass is 10.2. The van der Waals surface area contributed by atoms with Gasteiger partial charge in [0.1, 0.15) is 5.01 Å². The summed E-state index contributed by atoms with van der Waals surface area (Å²) in [6, 6.07) is 17.7. The van der Waals surface area contributed by atoms with E-state index in [4.69, 9.17) is 9.72 Å². The van der Waals surface area contributed by atoms with Gasteiger partial charge in [-0.05, 0) is 61.0 Å². The van der Waals surface area contributed by atoms with Crippen LogP contribution in [0.5, 0.6) is 11.5 Å². The number of rotatable bonds is 4. The number of aliphatic imine (C=N–C) groups is 1. The number of methoxy groups -OCH3 is 1. The topological polar surface area (TPSA) is 54.7 Å². The van der Waals surface area contributed by atoms with Gasteiger partial charge in [-0.25, -0.2) is 4.98 Å². The highest BCUT2D eigenvalue weighted by molar-refractivity contribution is 9.10. The number of fused-ring (bicyclic) bond motifs is 1. The van der Waals surface area contributed by atoms with Crippen LogP contribution < -0.4 is 4.74 Å². The van der Waals surface area contributed by atoms with Crippen LogP contribution in [-0.4, -0.2) is 23.4 Å². The molecule has 0 bridgehead atoms. The molecule has 0 aliphatic rings. The third-order valence-electron chi connectivity index (χ3n) is 4.30. The maximum Gasteiger partial charge on any atom is 0.166 e. The standard InChI is InChI=1S/C22H17BrN2O2S/c1-13-3-8-20-18(9-13)25-22(28-20)14-4-6-17(7-5-14)24-12-15-10-16(23)11-19(27-2)21(15)26/h3-12,26H,1-2H3. The van der Waals surface area contributed by atoms with Crippen molar-refractivity contribution in [3.05, 3.63) is 70.2 Å². The van der Waals surface area contributed by atoms with Crippen molar-refractivity contribution in [1.82, 2.24) is 4.98 Å². The molecule has 4 rings (SSSR count). The Morgan fingerprint density at radius 1 is 1.11 bits per heavy atom. The van der Waals surface area contributed by atoms with Gasteiger partial charge < -0.3 is 9.84 Å². The minimum absolute atomic E-state index is 0.0656. The zero-order chi connectivity index (χ0) is 19.7. The van der Waals surface area contributed by atoms with Gasteiger partial charge in [-0.15, -0.1) is 11.3 Å². The Labute approximate surface area is 175 Å². The first-order valence-electron chi connectivity index (χ1n) is 8.62. The average molecular weight is 453 g/mol. The molecule has 28 heavy (non-hydrogen) atoms. The maximum absolute atomic E-state index is 10.2. The molecule has 6 heteroatoms. The molecule has 0 aliphatic heterocycles. The van der Waals surface area contributed by atoms with Gasteiger partial charge in [0.15, 0.2) is 11.5 Å². The number of nitrogens with zero attached hydrogens (tertiary/aromatic N) is 2. The van der Waals surface area contributed by atoms with Crippen LogP contribution in [0.25, 0.3) is 20.8 Å². The van der Waals surface area contributed by atoms with Gasteiger partial charge in [0.05, 0.1) is 23.0 Å². The van der Waals surface area contributed by atoms with Crippen molar-refractivity contribution in [3.8, 4) is 22.1 Å². The van der Waals surface area contributed by atoms with Gasteiger partial charge in [0.25, 0.3) is 0 Å². The van der Waals surface area contributed by atoms with E-state index in [1.807, 2.05) is 24.3 Å². The number of aromatic nitrogens is 1.